The monoisotopic (exact) mass is 246 g/mol. The molecule has 1 unspecified atom stereocenters. The van der Waals surface area contributed by atoms with E-state index >= 15 is 0 Å². The fourth-order valence-corrected chi connectivity index (χ4v) is 2.42. The standard InChI is InChI=1S/C13H14N2O3/c16-13(17)10-4-1-5-15-11(10)8-14-12(15)7-9-3-2-6-18-9/h1,4-5,8-9H,2-3,6-7H2,(H,16,17). The van der Waals surface area contributed by atoms with Crippen molar-refractivity contribution in [2.75, 3.05) is 6.61 Å². The van der Waals surface area contributed by atoms with E-state index in [1.54, 1.807) is 18.3 Å². The number of nitrogens with zero attached hydrogens (tertiary/aromatic N) is 2. The van der Waals surface area contributed by atoms with Crippen molar-refractivity contribution in [2.24, 2.45) is 0 Å². The maximum atomic E-state index is 11.1. The number of aromatic nitrogens is 2. The zero-order valence-electron chi connectivity index (χ0n) is 9.87. The molecule has 0 aromatic carbocycles. The number of imidazole rings is 1. The van der Waals surface area contributed by atoms with Gasteiger partial charge < -0.3 is 14.2 Å². The molecule has 3 heterocycles. The van der Waals surface area contributed by atoms with Crippen LogP contribution in [-0.4, -0.2) is 33.2 Å². The summed E-state index contributed by atoms with van der Waals surface area (Å²) in [5.41, 5.74) is 0.918. The highest BCUT2D eigenvalue weighted by molar-refractivity contribution is 5.95. The molecule has 0 radical (unpaired) electrons. The van der Waals surface area contributed by atoms with Crippen molar-refractivity contribution in [1.29, 1.82) is 0 Å². The summed E-state index contributed by atoms with van der Waals surface area (Å²) in [6.45, 7) is 0.814. The Morgan fingerprint density at radius 1 is 1.61 bits per heavy atom. The molecule has 1 atom stereocenters. The van der Waals surface area contributed by atoms with Gasteiger partial charge in [-0.2, -0.15) is 0 Å². The van der Waals surface area contributed by atoms with Crippen molar-refractivity contribution in [3.63, 3.8) is 0 Å². The molecule has 94 valence electrons. The van der Waals surface area contributed by atoms with E-state index in [1.165, 1.54) is 0 Å². The van der Waals surface area contributed by atoms with E-state index in [0.29, 0.717) is 5.52 Å². The van der Waals surface area contributed by atoms with Gasteiger partial charge in [-0.05, 0) is 25.0 Å². The number of pyridine rings is 1. The van der Waals surface area contributed by atoms with Crippen LogP contribution in [0.1, 0.15) is 29.0 Å². The van der Waals surface area contributed by atoms with Crippen LogP contribution in [0.2, 0.25) is 0 Å². The first-order valence-electron chi connectivity index (χ1n) is 6.05. The molecular formula is C13H14N2O3. The Morgan fingerprint density at radius 3 is 3.22 bits per heavy atom. The second kappa shape index (κ2) is 4.42. The minimum absolute atomic E-state index is 0.212. The van der Waals surface area contributed by atoms with E-state index < -0.39 is 5.97 Å². The van der Waals surface area contributed by atoms with Crippen molar-refractivity contribution in [3.05, 3.63) is 35.9 Å². The van der Waals surface area contributed by atoms with Crippen LogP contribution < -0.4 is 0 Å². The average molecular weight is 246 g/mol. The number of ether oxygens (including phenoxy) is 1. The number of hydrogen-bond donors (Lipinski definition) is 1. The lowest BCUT2D eigenvalue weighted by atomic mass is 10.2. The Kier molecular flexibility index (Phi) is 2.76. The first-order valence-corrected chi connectivity index (χ1v) is 6.05. The maximum Gasteiger partial charge on any atom is 0.337 e. The van der Waals surface area contributed by atoms with Gasteiger partial charge in [-0.15, -0.1) is 0 Å². The highest BCUT2D eigenvalue weighted by Gasteiger charge is 2.19. The number of hydrogen-bond acceptors (Lipinski definition) is 3. The second-order valence-electron chi connectivity index (χ2n) is 4.50. The summed E-state index contributed by atoms with van der Waals surface area (Å²) >= 11 is 0. The van der Waals surface area contributed by atoms with Crippen LogP contribution in [0.3, 0.4) is 0 Å². The quantitative estimate of drug-likeness (QED) is 0.896. The van der Waals surface area contributed by atoms with Crippen LogP contribution in [0.4, 0.5) is 0 Å². The third kappa shape index (κ3) is 1.86. The van der Waals surface area contributed by atoms with E-state index in [4.69, 9.17) is 9.84 Å². The highest BCUT2D eigenvalue weighted by atomic mass is 16.5. The molecule has 0 bridgehead atoms. The summed E-state index contributed by atoms with van der Waals surface area (Å²) < 4.78 is 7.42. The molecule has 1 fully saturated rings. The van der Waals surface area contributed by atoms with E-state index in [1.807, 2.05) is 10.6 Å². The van der Waals surface area contributed by atoms with Gasteiger partial charge >= 0.3 is 5.97 Å². The Hall–Kier alpha value is -1.88. The molecule has 0 aliphatic carbocycles. The first-order chi connectivity index (χ1) is 8.75. The van der Waals surface area contributed by atoms with Crippen molar-refractivity contribution in [3.8, 4) is 0 Å². The average Bonchev–Trinajstić information content (AvgIpc) is 2.99. The van der Waals surface area contributed by atoms with Gasteiger partial charge in [0, 0.05) is 19.2 Å². The molecule has 5 heteroatoms. The Morgan fingerprint density at radius 2 is 2.50 bits per heavy atom. The van der Waals surface area contributed by atoms with Gasteiger partial charge in [0.2, 0.25) is 0 Å². The van der Waals surface area contributed by atoms with Gasteiger partial charge in [0.1, 0.15) is 5.82 Å². The van der Waals surface area contributed by atoms with Crippen molar-refractivity contribution >= 4 is 11.5 Å². The third-order valence-corrected chi connectivity index (χ3v) is 3.31. The number of fused-ring (bicyclic) bond motifs is 1. The fraction of sp³-hybridized carbons (Fsp3) is 0.385. The zero-order chi connectivity index (χ0) is 12.5. The minimum Gasteiger partial charge on any atom is -0.478 e. The molecule has 1 aliphatic heterocycles. The van der Waals surface area contributed by atoms with Gasteiger partial charge in [-0.25, -0.2) is 9.78 Å². The van der Waals surface area contributed by atoms with Crippen LogP contribution in [0, 0.1) is 0 Å². The Labute approximate surface area is 104 Å². The molecule has 2 aromatic heterocycles. The van der Waals surface area contributed by atoms with Crippen LogP contribution >= 0.6 is 0 Å². The Balaban J connectivity index is 1.98. The molecule has 5 nitrogen and oxygen atoms in total. The van der Waals surface area contributed by atoms with E-state index in [0.717, 1.165) is 31.7 Å². The van der Waals surface area contributed by atoms with Crippen molar-refractivity contribution < 1.29 is 14.6 Å². The van der Waals surface area contributed by atoms with Crippen LogP contribution in [-0.2, 0) is 11.2 Å². The number of aromatic carboxylic acids is 1. The normalized spacial score (nSPS) is 19.4. The first kappa shape index (κ1) is 11.2. The van der Waals surface area contributed by atoms with Gasteiger partial charge in [-0.1, -0.05) is 0 Å². The molecule has 18 heavy (non-hydrogen) atoms. The van der Waals surface area contributed by atoms with Gasteiger partial charge in [0.25, 0.3) is 0 Å². The largest absolute Gasteiger partial charge is 0.478 e. The SMILES string of the molecule is O=C(O)c1cccn2c(CC3CCCO3)ncc12. The van der Waals surface area contributed by atoms with E-state index in [9.17, 15) is 4.79 Å². The lowest BCUT2D eigenvalue weighted by molar-refractivity contribution is 0.0698. The Bertz CT molecular complexity index is 585. The molecule has 0 spiro atoms. The predicted molar refractivity (Wildman–Crippen MR) is 64.8 cm³/mol. The van der Waals surface area contributed by atoms with Gasteiger partial charge in [0.05, 0.1) is 23.4 Å². The summed E-state index contributed by atoms with van der Waals surface area (Å²) in [5.74, 6) is -0.0656. The van der Waals surface area contributed by atoms with E-state index in [2.05, 4.69) is 4.98 Å². The van der Waals surface area contributed by atoms with Crippen LogP contribution in [0.15, 0.2) is 24.5 Å². The summed E-state index contributed by atoms with van der Waals surface area (Å²) in [5, 5.41) is 9.11. The molecular weight excluding hydrogens is 232 g/mol. The van der Waals surface area contributed by atoms with Gasteiger partial charge in [0.15, 0.2) is 0 Å². The third-order valence-electron chi connectivity index (χ3n) is 3.31. The van der Waals surface area contributed by atoms with Crippen molar-refractivity contribution in [2.45, 2.75) is 25.4 Å². The zero-order valence-corrected chi connectivity index (χ0v) is 9.87. The fourth-order valence-electron chi connectivity index (χ4n) is 2.42. The number of carboxylic acids is 1. The summed E-state index contributed by atoms with van der Waals surface area (Å²) in [4.78, 5) is 15.4. The minimum atomic E-state index is -0.927. The number of rotatable bonds is 3. The van der Waals surface area contributed by atoms with Crippen LogP contribution in [0.25, 0.3) is 5.52 Å². The molecule has 0 amide bonds. The van der Waals surface area contributed by atoms with Gasteiger partial charge in [-0.3, -0.25) is 0 Å². The molecule has 1 saturated heterocycles. The molecule has 1 aliphatic rings. The number of carboxylic acid groups (broad SMARTS) is 1. The molecule has 3 rings (SSSR count). The maximum absolute atomic E-state index is 11.1. The summed E-state index contributed by atoms with van der Waals surface area (Å²) in [7, 11) is 0. The van der Waals surface area contributed by atoms with Crippen molar-refractivity contribution in [1.82, 2.24) is 9.38 Å². The predicted octanol–water partition coefficient (Wildman–Crippen LogP) is 1.75. The topological polar surface area (TPSA) is 63.8 Å². The molecule has 1 N–H and O–H groups in total. The lowest BCUT2D eigenvalue weighted by Crippen LogP contribution is -2.11. The van der Waals surface area contributed by atoms with E-state index in [-0.39, 0.29) is 11.7 Å². The van der Waals surface area contributed by atoms with Crippen LogP contribution in [0.5, 0.6) is 0 Å². The second-order valence-corrected chi connectivity index (χ2v) is 4.50. The number of carbonyl (C=O) groups is 1. The summed E-state index contributed by atoms with van der Waals surface area (Å²) in [6, 6.07) is 3.33. The highest BCUT2D eigenvalue weighted by Crippen LogP contribution is 2.19. The molecule has 2 aromatic rings. The molecule has 0 saturated carbocycles. The smallest absolute Gasteiger partial charge is 0.337 e. The summed E-state index contributed by atoms with van der Waals surface area (Å²) in [6.07, 6.45) is 6.55. The lowest BCUT2D eigenvalue weighted by Gasteiger charge is -2.08.